The number of para-hydroxylation sites is 1. The Balaban J connectivity index is 2.03. The molecule has 0 aliphatic rings. The second kappa shape index (κ2) is 8.76. The van der Waals surface area contributed by atoms with Crippen molar-refractivity contribution >= 4 is 27.6 Å². The maximum absolute atomic E-state index is 12.2. The van der Waals surface area contributed by atoms with Crippen molar-refractivity contribution in [1.29, 1.82) is 0 Å². The van der Waals surface area contributed by atoms with Crippen LogP contribution in [0, 0.1) is 6.92 Å². The number of hydrogen-bond donors (Lipinski definition) is 1. The van der Waals surface area contributed by atoms with Crippen LogP contribution >= 0.6 is 0 Å². The molecule has 2 aromatic rings. The van der Waals surface area contributed by atoms with E-state index in [1.165, 1.54) is 32.4 Å². The van der Waals surface area contributed by atoms with Gasteiger partial charge in [0.15, 0.2) is 6.61 Å². The Morgan fingerprint density at radius 3 is 2.48 bits per heavy atom. The molecule has 0 saturated carbocycles. The van der Waals surface area contributed by atoms with Crippen molar-refractivity contribution in [2.75, 3.05) is 26.1 Å². The summed E-state index contributed by atoms with van der Waals surface area (Å²) < 4.78 is 30.1. The Morgan fingerprint density at radius 1 is 1.11 bits per heavy atom. The molecule has 8 nitrogen and oxygen atoms in total. The minimum atomic E-state index is -3.90. The minimum absolute atomic E-state index is 0.00395. The first-order chi connectivity index (χ1) is 12.8. The van der Waals surface area contributed by atoms with E-state index in [2.05, 4.69) is 5.32 Å². The van der Waals surface area contributed by atoms with Crippen LogP contribution in [0.2, 0.25) is 0 Å². The Morgan fingerprint density at radius 2 is 1.81 bits per heavy atom. The van der Waals surface area contributed by atoms with Crippen molar-refractivity contribution in [3.8, 4) is 0 Å². The number of carbonyl (C=O) groups excluding carboxylic acids is 2. The number of aryl methyl sites for hydroxylation is 1. The number of carbonyl (C=O) groups is 2. The van der Waals surface area contributed by atoms with E-state index < -0.39 is 28.5 Å². The first-order valence-electron chi connectivity index (χ1n) is 7.91. The van der Waals surface area contributed by atoms with Crippen molar-refractivity contribution in [2.45, 2.75) is 11.8 Å². The number of esters is 1. The summed E-state index contributed by atoms with van der Waals surface area (Å²) in [7, 11) is -1.45. The van der Waals surface area contributed by atoms with Gasteiger partial charge in [-0.25, -0.2) is 13.2 Å². The Bertz CT molecular complexity index is 942. The summed E-state index contributed by atoms with van der Waals surface area (Å²) in [5.41, 5.74) is 1.50. The standard InChI is InChI=1S/C18H20N2O6S/c1-13-7-4-5-10-16(13)19-17(21)12-26-18(22)14-8-6-9-15(11-14)27(23,24)20(2)25-3/h4-11H,12H2,1-3H3,(H,19,21). The fourth-order valence-corrected chi connectivity index (χ4v) is 3.16. The number of rotatable bonds is 7. The summed E-state index contributed by atoms with van der Waals surface area (Å²) >= 11 is 0. The van der Waals surface area contributed by atoms with Gasteiger partial charge in [-0.1, -0.05) is 28.7 Å². The van der Waals surface area contributed by atoms with E-state index in [4.69, 9.17) is 9.57 Å². The third-order valence-corrected chi connectivity index (χ3v) is 5.39. The zero-order valence-electron chi connectivity index (χ0n) is 15.1. The van der Waals surface area contributed by atoms with Gasteiger partial charge in [0.2, 0.25) is 0 Å². The minimum Gasteiger partial charge on any atom is -0.452 e. The lowest BCUT2D eigenvalue weighted by atomic mass is 10.2. The molecule has 0 bridgehead atoms. The van der Waals surface area contributed by atoms with E-state index in [-0.39, 0.29) is 10.5 Å². The van der Waals surface area contributed by atoms with Gasteiger partial charge in [0.05, 0.1) is 17.6 Å². The van der Waals surface area contributed by atoms with E-state index in [1.54, 1.807) is 12.1 Å². The lowest BCUT2D eigenvalue weighted by Gasteiger charge is -2.14. The van der Waals surface area contributed by atoms with Crippen LogP contribution in [0.25, 0.3) is 0 Å². The third-order valence-electron chi connectivity index (χ3n) is 3.72. The monoisotopic (exact) mass is 392 g/mol. The fraction of sp³-hybridized carbons (Fsp3) is 0.222. The van der Waals surface area contributed by atoms with Crippen LogP contribution in [0.1, 0.15) is 15.9 Å². The predicted molar refractivity (Wildman–Crippen MR) is 98.5 cm³/mol. The van der Waals surface area contributed by atoms with E-state index >= 15 is 0 Å². The van der Waals surface area contributed by atoms with E-state index in [1.807, 2.05) is 19.1 Å². The summed E-state index contributed by atoms with van der Waals surface area (Å²) in [6, 6.07) is 12.5. The molecule has 0 unspecified atom stereocenters. The van der Waals surface area contributed by atoms with E-state index in [0.29, 0.717) is 10.2 Å². The van der Waals surface area contributed by atoms with Crippen LogP contribution < -0.4 is 5.32 Å². The number of sulfonamides is 1. The number of nitrogens with zero attached hydrogens (tertiary/aromatic N) is 1. The van der Waals surface area contributed by atoms with Crippen molar-refractivity contribution in [2.24, 2.45) is 0 Å². The van der Waals surface area contributed by atoms with Crippen LogP contribution in [0.5, 0.6) is 0 Å². The van der Waals surface area contributed by atoms with Crippen molar-refractivity contribution in [3.63, 3.8) is 0 Å². The molecule has 0 aliphatic heterocycles. The average molecular weight is 392 g/mol. The molecule has 144 valence electrons. The van der Waals surface area contributed by atoms with Crippen LogP contribution in [0.3, 0.4) is 0 Å². The molecule has 0 aliphatic carbocycles. The highest BCUT2D eigenvalue weighted by Crippen LogP contribution is 2.17. The molecular weight excluding hydrogens is 372 g/mol. The van der Waals surface area contributed by atoms with Crippen LogP contribution in [0.4, 0.5) is 5.69 Å². The maximum Gasteiger partial charge on any atom is 0.338 e. The van der Waals surface area contributed by atoms with Gasteiger partial charge in [-0.05, 0) is 36.8 Å². The third kappa shape index (κ3) is 5.13. The molecular formula is C18H20N2O6S. The molecule has 1 amide bonds. The fourth-order valence-electron chi connectivity index (χ4n) is 2.14. The molecule has 0 saturated heterocycles. The largest absolute Gasteiger partial charge is 0.452 e. The van der Waals surface area contributed by atoms with Gasteiger partial charge in [-0.3, -0.25) is 9.63 Å². The number of anilines is 1. The molecule has 0 heterocycles. The Kier molecular flexibility index (Phi) is 6.67. The van der Waals surface area contributed by atoms with Crippen molar-refractivity contribution in [1.82, 2.24) is 4.47 Å². The van der Waals surface area contributed by atoms with Gasteiger partial charge in [0.25, 0.3) is 15.9 Å². The van der Waals surface area contributed by atoms with Gasteiger partial charge >= 0.3 is 5.97 Å². The van der Waals surface area contributed by atoms with Crippen molar-refractivity contribution < 1.29 is 27.6 Å². The number of amides is 1. The highest BCUT2D eigenvalue weighted by Gasteiger charge is 2.22. The molecule has 0 aromatic heterocycles. The van der Waals surface area contributed by atoms with Gasteiger partial charge in [-0.15, -0.1) is 0 Å². The van der Waals surface area contributed by atoms with Gasteiger partial charge in [0, 0.05) is 12.7 Å². The smallest absolute Gasteiger partial charge is 0.338 e. The normalized spacial score (nSPS) is 11.3. The van der Waals surface area contributed by atoms with Gasteiger partial charge in [0.1, 0.15) is 0 Å². The second-order valence-electron chi connectivity index (χ2n) is 5.56. The number of benzene rings is 2. The average Bonchev–Trinajstić information content (AvgIpc) is 2.67. The number of nitrogens with one attached hydrogen (secondary N) is 1. The SMILES string of the molecule is CON(C)S(=O)(=O)c1cccc(C(=O)OCC(=O)Nc2ccccc2C)c1. The number of hydrogen-bond acceptors (Lipinski definition) is 6. The second-order valence-corrected chi connectivity index (χ2v) is 7.50. The predicted octanol–water partition coefficient (Wildman–Crippen LogP) is 1.97. The molecule has 0 fully saturated rings. The first kappa shape index (κ1) is 20.6. The number of hydroxylamine groups is 1. The summed E-state index contributed by atoms with van der Waals surface area (Å²) in [4.78, 5) is 28.7. The van der Waals surface area contributed by atoms with Crippen molar-refractivity contribution in [3.05, 3.63) is 59.7 Å². The zero-order chi connectivity index (χ0) is 20.0. The van der Waals surface area contributed by atoms with E-state index in [0.717, 1.165) is 11.6 Å². The zero-order valence-corrected chi connectivity index (χ0v) is 15.9. The quantitative estimate of drug-likeness (QED) is 0.571. The molecule has 0 radical (unpaired) electrons. The maximum atomic E-state index is 12.2. The van der Waals surface area contributed by atoms with Gasteiger partial charge in [-0.2, -0.15) is 0 Å². The lowest BCUT2D eigenvalue weighted by Crippen LogP contribution is -2.26. The molecule has 0 atom stereocenters. The lowest BCUT2D eigenvalue weighted by molar-refractivity contribution is -0.119. The summed E-state index contributed by atoms with van der Waals surface area (Å²) in [5.74, 6) is -1.31. The Labute approximate surface area is 157 Å². The van der Waals surface area contributed by atoms with Crippen LogP contribution in [-0.4, -0.2) is 45.5 Å². The number of ether oxygens (including phenoxy) is 1. The topological polar surface area (TPSA) is 102 Å². The highest BCUT2D eigenvalue weighted by molar-refractivity contribution is 7.89. The molecule has 2 aromatic carbocycles. The van der Waals surface area contributed by atoms with Gasteiger partial charge < -0.3 is 10.1 Å². The highest BCUT2D eigenvalue weighted by atomic mass is 32.2. The summed E-state index contributed by atoms with van der Waals surface area (Å²) in [5, 5.41) is 2.64. The summed E-state index contributed by atoms with van der Waals surface area (Å²) in [6.07, 6.45) is 0. The molecule has 2 rings (SSSR count). The Hall–Kier alpha value is -2.75. The van der Waals surface area contributed by atoms with Crippen LogP contribution in [0.15, 0.2) is 53.4 Å². The van der Waals surface area contributed by atoms with E-state index in [9.17, 15) is 18.0 Å². The molecule has 27 heavy (non-hydrogen) atoms. The first-order valence-corrected chi connectivity index (χ1v) is 9.35. The molecule has 1 N–H and O–H groups in total. The molecule has 0 spiro atoms. The molecule has 9 heteroatoms. The van der Waals surface area contributed by atoms with Crippen LogP contribution in [-0.2, 0) is 24.4 Å². The summed E-state index contributed by atoms with van der Waals surface area (Å²) in [6.45, 7) is 1.34.